The van der Waals surface area contributed by atoms with Crippen molar-refractivity contribution in [2.75, 3.05) is 20.2 Å². The van der Waals surface area contributed by atoms with Crippen LogP contribution in [0.4, 0.5) is 4.39 Å². The highest BCUT2D eigenvalue weighted by molar-refractivity contribution is 6.07. The third kappa shape index (κ3) is 4.31. The van der Waals surface area contributed by atoms with Gasteiger partial charge < -0.3 is 24.3 Å². The quantitative estimate of drug-likeness (QED) is 0.236. The molecule has 0 spiro atoms. The van der Waals surface area contributed by atoms with Gasteiger partial charge in [0.1, 0.15) is 23.1 Å². The number of pyridine rings is 3. The fourth-order valence-corrected chi connectivity index (χ4v) is 8.93. The molecule has 3 aliphatic carbocycles. The summed E-state index contributed by atoms with van der Waals surface area (Å²) >= 11 is 0. The van der Waals surface area contributed by atoms with Crippen LogP contribution in [0.1, 0.15) is 62.9 Å². The molecule has 5 aliphatic rings. The highest BCUT2D eigenvalue weighted by Crippen LogP contribution is 2.62. The van der Waals surface area contributed by atoms with Gasteiger partial charge in [-0.25, -0.2) is 9.37 Å². The third-order valence-corrected chi connectivity index (χ3v) is 11.8. The smallest absolute Gasteiger partial charge is 0.251 e. The molecule has 2 bridgehead atoms. The van der Waals surface area contributed by atoms with Gasteiger partial charge in [0.2, 0.25) is 5.88 Å². The molecule has 48 heavy (non-hydrogen) atoms. The lowest BCUT2D eigenvalue weighted by atomic mass is 9.48. The van der Waals surface area contributed by atoms with Crippen LogP contribution in [-0.2, 0) is 6.42 Å². The molecule has 4 aromatic heterocycles. The summed E-state index contributed by atoms with van der Waals surface area (Å²) in [5.74, 6) is 1.23. The summed E-state index contributed by atoms with van der Waals surface area (Å²) in [6, 6.07) is 13.4. The van der Waals surface area contributed by atoms with E-state index in [1.165, 1.54) is 0 Å². The van der Waals surface area contributed by atoms with Crippen LogP contribution in [-0.4, -0.2) is 62.4 Å². The van der Waals surface area contributed by atoms with E-state index in [0.717, 1.165) is 60.8 Å². The number of hydrogen-bond donors (Lipinski definition) is 1. The van der Waals surface area contributed by atoms with E-state index in [0.29, 0.717) is 41.0 Å². The Hall–Kier alpha value is -4.28. The second kappa shape index (κ2) is 11.1. The minimum atomic E-state index is -0.496. The van der Waals surface area contributed by atoms with Crippen molar-refractivity contribution in [2.45, 2.75) is 76.2 Å². The van der Waals surface area contributed by atoms with Crippen molar-refractivity contribution in [2.24, 2.45) is 17.6 Å². The number of hydrogen-bond acceptors (Lipinski definition) is 7. The first-order chi connectivity index (χ1) is 23.3. The number of likely N-dealkylation sites (tertiary alicyclic amines) is 1. The van der Waals surface area contributed by atoms with Gasteiger partial charge in [-0.1, -0.05) is 18.2 Å². The minimum absolute atomic E-state index is 0.0830. The van der Waals surface area contributed by atoms with Crippen LogP contribution in [0.15, 0.2) is 59.7 Å². The second-order valence-electron chi connectivity index (χ2n) is 14.3. The van der Waals surface area contributed by atoms with Gasteiger partial charge in [0, 0.05) is 53.2 Å². The lowest BCUT2D eigenvalue weighted by Gasteiger charge is -2.64. The molecule has 2 aliphatic heterocycles. The summed E-state index contributed by atoms with van der Waals surface area (Å²) in [5, 5.41) is 1.42. The number of benzene rings is 1. The number of halogens is 1. The Morgan fingerprint density at radius 2 is 1.96 bits per heavy atom. The Morgan fingerprint density at radius 3 is 2.71 bits per heavy atom. The molecule has 7 atom stereocenters. The molecule has 2 N–H and O–H groups in total. The van der Waals surface area contributed by atoms with Crippen molar-refractivity contribution in [3.05, 3.63) is 82.3 Å². The zero-order chi connectivity index (χ0) is 32.8. The molecule has 4 fully saturated rings. The van der Waals surface area contributed by atoms with Crippen LogP contribution < -0.4 is 20.8 Å². The topological polar surface area (TPSA) is 100 Å². The first-order valence-electron chi connectivity index (χ1n) is 17.4. The van der Waals surface area contributed by atoms with Crippen LogP contribution in [0.2, 0.25) is 0 Å². The summed E-state index contributed by atoms with van der Waals surface area (Å²) in [4.78, 5) is 25.2. The van der Waals surface area contributed by atoms with E-state index in [1.807, 2.05) is 37.4 Å². The Bertz CT molecular complexity index is 2130. The first kappa shape index (κ1) is 29.8. The van der Waals surface area contributed by atoms with E-state index < -0.39 is 5.82 Å². The Balaban J connectivity index is 1.30. The van der Waals surface area contributed by atoms with Crippen LogP contribution in [0.3, 0.4) is 0 Å². The molecule has 1 saturated heterocycles. The minimum Gasteiger partial charge on any atom is -0.493 e. The summed E-state index contributed by atoms with van der Waals surface area (Å²) in [5.41, 5.74) is 10.4. The van der Waals surface area contributed by atoms with Crippen molar-refractivity contribution in [1.82, 2.24) is 24.0 Å². The Labute approximate surface area is 278 Å². The van der Waals surface area contributed by atoms with E-state index in [2.05, 4.69) is 29.5 Å². The molecule has 0 amide bonds. The Morgan fingerprint density at radius 1 is 1.10 bits per heavy atom. The number of aryl methyl sites for hydroxylation is 1. The lowest BCUT2D eigenvalue weighted by molar-refractivity contribution is -0.0952. The molecule has 9 nitrogen and oxygen atoms in total. The van der Waals surface area contributed by atoms with Gasteiger partial charge in [-0.15, -0.1) is 0 Å². The number of aromatic nitrogens is 4. The highest BCUT2D eigenvalue weighted by Gasteiger charge is 2.61. The maximum Gasteiger partial charge on any atom is 0.251 e. The molecular formula is C38H41FN6O3. The fourth-order valence-electron chi connectivity index (χ4n) is 8.93. The predicted molar refractivity (Wildman–Crippen MR) is 183 cm³/mol. The molecule has 3 saturated carbocycles. The molecule has 248 valence electrons. The van der Waals surface area contributed by atoms with Gasteiger partial charge in [-0.05, 0) is 95.1 Å². The molecule has 6 heterocycles. The Kier molecular flexibility index (Phi) is 6.92. The molecule has 0 radical (unpaired) electrons. The van der Waals surface area contributed by atoms with E-state index in [4.69, 9.17) is 25.2 Å². The van der Waals surface area contributed by atoms with Gasteiger partial charge in [0.15, 0.2) is 5.82 Å². The molecule has 1 unspecified atom stereocenters. The molecular weight excluding hydrogens is 607 g/mol. The van der Waals surface area contributed by atoms with Crippen molar-refractivity contribution < 1.29 is 13.9 Å². The molecule has 10 heteroatoms. The van der Waals surface area contributed by atoms with Crippen molar-refractivity contribution in [3.8, 4) is 22.9 Å². The number of nitrogens with zero attached hydrogens (tertiary/aromatic N) is 5. The predicted octanol–water partition coefficient (Wildman–Crippen LogP) is 5.87. The molecule has 1 aromatic carbocycles. The van der Waals surface area contributed by atoms with Gasteiger partial charge in [-0.3, -0.25) is 14.7 Å². The monoisotopic (exact) mass is 648 g/mol. The van der Waals surface area contributed by atoms with Crippen LogP contribution in [0, 0.1) is 17.7 Å². The normalized spacial score (nSPS) is 26.1. The number of rotatable bonds is 7. The van der Waals surface area contributed by atoms with E-state index in [1.54, 1.807) is 22.9 Å². The maximum atomic E-state index is 17.1. The largest absolute Gasteiger partial charge is 0.493 e. The fraction of sp³-hybridized carbons (Fsp3) is 0.447. The SMILES string of the molecule is C[C@H](Oc1nc2c(F)c(-c3cccc4c3OCCC4)ncc2c2c1cc([C@@H](C)n1ccccc1=O)n2[C@@H]1C2C[C@@H]1[C@H]2N)[C@@H]1CCCN1C. The van der Waals surface area contributed by atoms with Crippen LogP contribution >= 0.6 is 0 Å². The zero-order valence-corrected chi connectivity index (χ0v) is 27.6. The molecule has 10 rings (SSSR count). The average Bonchev–Trinajstić information content (AvgIpc) is 3.68. The third-order valence-electron chi connectivity index (χ3n) is 11.8. The van der Waals surface area contributed by atoms with Crippen molar-refractivity contribution in [3.63, 3.8) is 0 Å². The second-order valence-corrected chi connectivity index (χ2v) is 14.3. The van der Waals surface area contributed by atoms with E-state index in [-0.39, 0.29) is 47.0 Å². The number of nitrogens with two attached hydrogens (primary N) is 1. The van der Waals surface area contributed by atoms with E-state index in [9.17, 15) is 4.79 Å². The van der Waals surface area contributed by atoms with Gasteiger partial charge in [-0.2, -0.15) is 0 Å². The lowest BCUT2D eigenvalue weighted by Crippen LogP contribution is -2.68. The number of para-hydroxylation sites is 1. The molecule has 5 aromatic rings. The summed E-state index contributed by atoms with van der Waals surface area (Å²) < 4.78 is 34.0. The number of ether oxygens (including phenoxy) is 2. The zero-order valence-electron chi connectivity index (χ0n) is 27.6. The van der Waals surface area contributed by atoms with Crippen molar-refractivity contribution in [1.29, 1.82) is 0 Å². The average molecular weight is 649 g/mol. The maximum absolute atomic E-state index is 17.1. The summed E-state index contributed by atoms with van der Waals surface area (Å²) in [7, 11) is 2.13. The van der Waals surface area contributed by atoms with Gasteiger partial charge >= 0.3 is 0 Å². The van der Waals surface area contributed by atoms with Crippen LogP contribution in [0.5, 0.6) is 11.6 Å². The highest BCUT2D eigenvalue weighted by atomic mass is 19.1. The standard InChI is InChI=1S/C38H41FN6O3/c1-20(44-15-5-4-13-30(44)46)29-18-26-36(45(29)35-24-17-25(35)32(24)40)27-19-41-33(23-11-6-9-22-10-8-16-47-37(22)23)31(39)34(27)42-38(26)48-21(2)28-12-7-14-43(28)3/h4-6,9,11,13,15,18-21,24-25,28,32,35H,7-8,10,12,14,16-17,40H2,1-3H3/t20-,21+,24-,25?,28+,32-,35+/m1/s1. The first-order valence-corrected chi connectivity index (χ1v) is 17.4. The number of likely N-dealkylation sites (N-methyl/N-ethyl adjacent to an activating group) is 1. The van der Waals surface area contributed by atoms with Gasteiger partial charge in [0.05, 0.1) is 23.6 Å². The summed E-state index contributed by atoms with van der Waals surface area (Å²) in [6.07, 6.45) is 8.42. The van der Waals surface area contributed by atoms with E-state index >= 15 is 4.39 Å². The van der Waals surface area contributed by atoms with Gasteiger partial charge in [0.25, 0.3) is 5.56 Å². The number of fused-ring (bicyclic) bond motifs is 4. The summed E-state index contributed by atoms with van der Waals surface area (Å²) in [6.45, 7) is 5.73. The van der Waals surface area contributed by atoms with Crippen molar-refractivity contribution >= 4 is 21.8 Å². The van der Waals surface area contributed by atoms with Crippen LogP contribution in [0.25, 0.3) is 33.1 Å².